The van der Waals surface area contributed by atoms with Crippen molar-refractivity contribution in [1.82, 2.24) is 15.1 Å². The Hall–Kier alpha value is -2.86. The van der Waals surface area contributed by atoms with Crippen LogP contribution in [0.2, 0.25) is 5.02 Å². The number of nitrogens with one attached hydrogen (secondary N) is 1. The van der Waals surface area contributed by atoms with Gasteiger partial charge >= 0.3 is 6.03 Å². The number of carbonyl (C=O) groups is 3. The van der Waals surface area contributed by atoms with E-state index in [1.54, 1.807) is 19.2 Å². The fourth-order valence-corrected chi connectivity index (χ4v) is 4.07. The molecule has 4 rings (SSSR count). The molecule has 6 nitrogen and oxygen atoms in total. The minimum Gasteiger partial charge on any atom is -0.340 e. The van der Waals surface area contributed by atoms with Gasteiger partial charge in [-0.15, -0.1) is 0 Å². The maximum absolute atomic E-state index is 13.1. The predicted molar refractivity (Wildman–Crippen MR) is 105 cm³/mol. The van der Waals surface area contributed by atoms with Crippen molar-refractivity contribution in [3.63, 3.8) is 0 Å². The topological polar surface area (TPSA) is 69.7 Å². The summed E-state index contributed by atoms with van der Waals surface area (Å²) in [7, 11) is 1.65. The summed E-state index contributed by atoms with van der Waals surface area (Å²) in [6, 6.07) is 14.3. The molecule has 28 heavy (non-hydrogen) atoms. The molecule has 1 heterocycles. The highest BCUT2D eigenvalue weighted by atomic mass is 35.5. The molecule has 1 spiro atoms. The minimum absolute atomic E-state index is 0.279. The SMILES string of the molecule is CN(Cc1ccc(Cl)cc1)C(=O)CN1C(=O)NC2(CCc3ccccc32)C1=O. The molecule has 2 aromatic carbocycles. The van der Waals surface area contributed by atoms with Crippen LogP contribution in [0, 0.1) is 0 Å². The van der Waals surface area contributed by atoms with Crippen LogP contribution in [-0.4, -0.2) is 41.2 Å². The molecule has 1 saturated heterocycles. The zero-order valence-corrected chi connectivity index (χ0v) is 16.2. The molecule has 0 aromatic heterocycles. The first kappa shape index (κ1) is 18.5. The lowest BCUT2D eigenvalue weighted by Gasteiger charge is -2.23. The summed E-state index contributed by atoms with van der Waals surface area (Å²) < 4.78 is 0. The predicted octanol–water partition coefficient (Wildman–Crippen LogP) is 2.69. The van der Waals surface area contributed by atoms with Crippen molar-refractivity contribution >= 4 is 29.4 Å². The molecule has 0 radical (unpaired) electrons. The number of amides is 4. The summed E-state index contributed by atoms with van der Waals surface area (Å²) >= 11 is 5.88. The number of rotatable bonds is 4. The molecule has 1 aliphatic carbocycles. The second-order valence-corrected chi connectivity index (χ2v) is 7.70. The first-order chi connectivity index (χ1) is 13.4. The Morgan fingerprint density at radius 1 is 1.18 bits per heavy atom. The zero-order chi connectivity index (χ0) is 19.9. The minimum atomic E-state index is -1.04. The van der Waals surface area contributed by atoms with Gasteiger partial charge in [0, 0.05) is 18.6 Å². The van der Waals surface area contributed by atoms with Crippen LogP contribution >= 0.6 is 11.6 Å². The molecule has 2 aromatic rings. The second-order valence-electron chi connectivity index (χ2n) is 7.26. The van der Waals surface area contributed by atoms with E-state index in [1.807, 2.05) is 36.4 Å². The third-order valence-corrected chi connectivity index (χ3v) is 5.73. The number of carbonyl (C=O) groups excluding carboxylic acids is 3. The van der Waals surface area contributed by atoms with Gasteiger partial charge in [-0.25, -0.2) is 4.79 Å². The van der Waals surface area contributed by atoms with E-state index in [0.29, 0.717) is 18.0 Å². The van der Waals surface area contributed by atoms with Crippen LogP contribution in [-0.2, 0) is 28.1 Å². The summed E-state index contributed by atoms with van der Waals surface area (Å²) in [5, 5.41) is 3.46. The maximum atomic E-state index is 13.1. The third-order valence-electron chi connectivity index (χ3n) is 5.47. The van der Waals surface area contributed by atoms with Crippen molar-refractivity contribution in [3.05, 3.63) is 70.2 Å². The number of urea groups is 1. The number of benzene rings is 2. The summed E-state index contributed by atoms with van der Waals surface area (Å²) in [5.74, 6) is -0.655. The number of imide groups is 1. The molecule has 1 N–H and O–H groups in total. The van der Waals surface area contributed by atoms with E-state index in [-0.39, 0.29) is 18.4 Å². The van der Waals surface area contributed by atoms with E-state index in [2.05, 4.69) is 5.32 Å². The van der Waals surface area contributed by atoms with Gasteiger partial charge in [0.15, 0.2) is 0 Å². The average Bonchev–Trinajstić information content (AvgIpc) is 3.17. The van der Waals surface area contributed by atoms with Crippen LogP contribution in [0.25, 0.3) is 0 Å². The van der Waals surface area contributed by atoms with Gasteiger partial charge in [-0.3, -0.25) is 14.5 Å². The van der Waals surface area contributed by atoms with Crippen molar-refractivity contribution in [3.8, 4) is 0 Å². The monoisotopic (exact) mass is 397 g/mol. The summed E-state index contributed by atoms with van der Waals surface area (Å²) in [6.07, 6.45) is 1.24. The Morgan fingerprint density at radius 2 is 1.89 bits per heavy atom. The van der Waals surface area contributed by atoms with Gasteiger partial charge in [-0.2, -0.15) is 0 Å². The van der Waals surface area contributed by atoms with Crippen LogP contribution in [0.3, 0.4) is 0 Å². The zero-order valence-electron chi connectivity index (χ0n) is 15.4. The molecular formula is C21H20ClN3O3. The van der Waals surface area contributed by atoms with Gasteiger partial charge in [0.1, 0.15) is 12.1 Å². The molecule has 1 unspecified atom stereocenters. The molecule has 2 aliphatic rings. The highest BCUT2D eigenvalue weighted by molar-refractivity contribution is 6.30. The summed E-state index contributed by atoms with van der Waals surface area (Å²) in [5.41, 5.74) is 1.77. The van der Waals surface area contributed by atoms with Crippen molar-refractivity contribution < 1.29 is 14.4 Å². The van der Waals surface area contributed by atoms with E-state index in [4.69, 9.17) is 11.6 Å². The van der Waals surface area contributed by atoms with Crippen LogP contribution in [0.4, 0.5) is 4.79 Å². The van der Waals surface area contributed by atoms with Gasteiger partial charge in [-0.05, 0) is 41.7 Å². The van der Waals surface area contributed by atoms with Crippen molar-refractivity contribution in [1.29, 1.82) is 0 Å². The van der Waals surface area contributed by atoms with Crippen LogP contribution in [0.15, 0.2) is 48.5 Å². The number of aryl methyl sites for hydroxylation is 1. The molecule has 0 saturated carbocycles. The highest BCUT2D eigenvalue weighted by Gasteiger charge is 2.55. The van der Waals surface area contributed by atoms with E-state index < -0.39 is 11.6 Å². The van der Waals surface area contributed by atoms with Gasteiger partial charge in [0.05, 0.1) is 0 Å². The van der Waals surface area contributed by atoms with E-state index in [0.717, 1.165) is 28.0 Å². The maximum Gasteiger partial charge on any atom is 0.325 e. The normalized spacial score (nSPS) is 20.4. The quantitative estimate of drug-likeness (QED) is 0.806. The largest absolute Gasteiger partial charge is 0.340 e. The number of hydrogen-bond acceptors (Lipinski definition) is 3. The molecule has 0 bridgehead atoms. The van der Waals surface area contributed by atoms with E-state index >= 15 is 0 Å². The molecular weight excluding hydrogens is 378 g/mol. The highest BCUT2D eigenvalue weighted by Crippen LogP contribution is 2.41. The van der Waals surface area contributed by atoms with E-state index in [1.165, 1.54) is 4.90 Å². The Labute approximate surface area is 168 Å². The molecule has 144 valence electrons. The number of halogens is 1. The molecule has 4 amide bonds. The van der Waals surface area contributed by atoms with Gasteiger partial charge in [0.2, 0.25) is 5.91 Å². The molecule has 1 atom stereocenters. The smallest absolute Gasteiger partial charge is 0.325 e. The molecule has 1 fully saturated rings. The average molecular weight is 398 g/mol. The molecule has 1 aliphatic heterocycles. The van der Waals surface area contributed by atoms with Crippen LogP contribution in [0.1, 0.15) is 23.1 Å². The number of hydrogen-bond donors (Lipinski definition) is 1. The number of fused-ring (bicyclic) bond motifs is 2. The van der Waals surface area contributed by atoms with Gasteiger partial charge < -0.3 is 10.2 Å². The standard InChI is InChI=1S/C21H20ClN3O3/c1-24(12-14-6-8-16(22)9-7-14)18(26)13-25-19(27)21(23-20(25)28)11-10-15-4-2-3-5-17(15)21/h2-9H,10-13H2,1H3,(H,23,28). The summed E-state index contributed by atoms with van der Waals surface area (Å²) in [4.78, 5) is 40.8. The summed E-state index contributed by atoms with van der Waals surface area (Å²) in [6.45, 7) is 0.0896. The fraction of sp³-hybridized carbons (Fsp3) is 0.286. The Bertz CT molecular complexity index is 960. The Kier molecular flexibility index (Phi) is 4.59. The van der Waals surface area contributed by atoms with Crippen LogP contribution < -0.4 is 5.32 Å². The third kappa shape index (κ3) is 3.03. The Balaban J connectivity index is 1.48. The first-order valence-electron chi connectivity index (χ1n) is 9.11. The van der Waals surface area contributed by atoms with Crippen molar-refractivity contribution in [2.45, 2.75) is 24.9 Å². The number of likely N-dealkylation sites (N-methyl/N-ethyl adjacent to an activating group) is 1. The number of nitrogens with zero attached hydrogens (tertiary/aromatic N) is 2. The Morgan fingerprint density at radius 3 is 2.64 bits per heavy atom. The second kappa shape index (κ2) is 6.95. The fourth-order valence-electron chi connectivity index (χ4n) is 3.94. The van der Waals surface area contributed by atoms with Crippen molar-refractivity contribution in [2.75, 3.05) is 13.6 Å². The lowest BCUT2D eigenvalue weighted by molar-refractivity contribution is -0.138. The van der Waals surface area contributed by atoms with E-state index in [9.17, 15) is 14.4 Å². The van der Waals surface area contributed by atoms with Crippen LogP contribution in [0.5, 0.6) is 0 Å². The van der Waals surface area contributed by atoms with Gasteiger partial charge in [0.25, 0.3) is 5.91 Å². The van der Waals surface area contributed by atoms with Gasteiger partial charge in [-0.1, -0.05) is 48.0 Å². The first-order valence-corrected chi connectivity index (χ1v) is 9.49. The van der Waals surface area contributed by atoms with Crippen molar-refractivity contribution in [2.24, 2.45) is 0 Å². The lowest BCUT2D eigenvalue weighted by atomic mass is 9.92. The molecule has 7 heteroatoms. The lowest BCUT2D eigenvalue weighted by Crippen LogP contribution is -2.44.